The van der Waals surface area contributed by atoms with Crippen LogP contribution in [0.1, 0.15) is 40.5 Å². The van der Waals surface area contributed by atoms with Crippen molar-refractivity contribution in [2.45, 2.75) is 55.8 Å². The molecule has 1 amide bonds. The summed E-state index contributed by atoms with van der Waals surface area (Å²) in [6.07, 6.45) is 0.768. The normalized spacial score (nSPS) is 17.0. The van der Waals surface area contributed by atoms with Gasteiger partial charge in [-0.05, 0) is 52.7 Å². The van der Waals surface area contributed by atoms with Gasteiger partial charge in [0.2, 0.25) is 0 Å². The molecule has 6 heteroatoms. The molecule has 1 aliphatic rings. The SMILES string of the molecule is CCOC(=O)C1(Sc2ccccc2)CCN(C(=O)OC(C)(C)C)CC1. The zero-order chi connectivity index (χ0) is 18.5. The summed E-state index contributed by atoms with van der Waals surface area (Å²) < 4.78 is 10.1. The third-order valence-electron chi connectivity index (χ3n) is 3.93. The van der Waals surface area contributed by atoms with E-state index in [9.17, 15) is 9.59 Å². The number of esters is 1. The average molecular weight is 365 g/mol. The summed E-state index contributed by atoms with van der Waals surface area (Å²) in [5, 5.41) is 0. The highest BCUT2D eigenvalue weighted by Gasteiger charge is 2.45. The van der Waals surface area contributed by atoms with Crippen LogP contribution in [0, 0.1) is 0 Å². The maximum atomic E-state index is 12.7. The van der Waals surface area contributed by atoms with E-state index in [1.165, 1.54) is 11.8 Å². The molecule has 0 N–H and O–H groups in total. The van der Waals surface area contributed by atoms with E-state index < -0.39 is 10.3 Å². The van der Waals surface area contributed by atoms with Crippen LogP contribution >= 0.6 is 11.8 Å². The first-order chi connectivity index (χ1) is 11.8. The third-order valence-corrected chi connectivity index (χ3v) is 5.40. The lowest BCUT2D eigenvalue weighted by atomic mass is 9.96. The maximum Gasteiger partial charge on any atom is 0.410 e. The lowest BCUT2D eigenvalue weighted by molar-refractivity contribution is -0.147. The Morgan fingerprint density at radius 2 is 1.76 bits per heavy atom. The average Bonchev–Trinajstić information content (AvgIpc) is 2.55. The predicted octanol–water partition coefficient (Wildman–Crippen LogP) is 4.11. The number of hydrogen-bond donors (Lipinski definition) is 0. The van der Waals surface area contributed by atoms with Crippen LogP contribution in [0.2, 0.25) is 0 Å². The molecule has 0 spiro atoms. The number of likely N-dealkylation sites (tertiary alicyclic amines) is 1. The van der Waals surface area contributed by atoms with Gasteiger partial charge in [0.05, 0.1) is 6.61 Å². The second-order valence-electron chi connectivity index (χ2n) is 7.10. The molecule has 0 bridgehead atoms. The summed E-state index contributed by atoms with van der Waals surface area (Å²) >= 11 is 1.53. The van der Waals surface area contributed by atoms with Gasteiger partial charge in [-0.1, -0.05) is 18.2 Å². The first-order valence-corrected chi connectivity index (χ1v) is 9.47. The van der Waals surface area contributed by atoms with E-state index >= 15 is 0 Å². The molecule has 0 aromatic heterocycles. The van der Waals surface area contributed by atoms with Gasteiger partial charge < -0.3 is 14.4 Å². The van der Waals surface area contributed by atoms with Crippen LogP contribution in [-0.4, -0.2) is 47.0 Å². The highest BCUT2D eigenvalue weighted by molar-refractivity contribution is 8.01. The third kappa shape index (κ3) is 5.39. The number of ether oxygens (including phenoxy) is 2. The minimum absolute atomic E-state index is 0.201. The first kappa shape index (κ1) is 19.6. The fourth-order valence-electron chi connectivity index (χ4n) is 2.70. The van der Waals surface area contributed by atoms with E-state index in [4.69, 9.17) is 9.47 Å². The molecule has 0 saturated carbocycles. The van der Waals surface area contributed by atoms with E-state index in [-0.39, 0.29) is 12.1 Å². The molecular weight excluding hydrogens is 338 g/mol. The summed E-state index contributed by atoms with van der Waals surface area (Å²) in [5.74, 6) is -0.201. The number of rotatable bonds is 4. The van der Waals surface area contributed by atoms with Crippen LogP contribution in [0.4, 0.5) is 4.79 Å². The number of hydrogen-bond acceptors (Lipinski definition) is 5. The number of amides is 1. The summed E-state index contributed by atoms with van der Waals surface area (Å²) in [5.41, 5.74) is -0.522. The van der Waals surface area contributed by atoms with Gasteiger partial charge in [-0.25, -0.2) is 4.79 Å². The van der Waals surface area contributed by atoms with Crippen molar-refractivity contribution in [1.29, 1.82) is 0 Å². The molecule has 25 heavy (non-hydrogen) atoms. The Bertz CT molecular complexity index is 589. The van der Waals surface area contributed by atoms with E-state index in [0.717, 1.165) is 4.90 Å². The Morgan fingerprint density at radius 3 is 2.28 bits per heavy atom. The Balaban J connectivity index is 2.09. The largest absolute Gasteiger partial charge is 0.465 e. The molecule has 0 unspecified atom stereocenters. The molecule has 0 atom stereocenters. The molecule has 0 aliphatic carbocycles. The smallest absolute Gasteiger partial charge is 0.410 e. The summed E-state index contributed by atoms with van der Waals surface area (Å²) in [4.78, 5) is 27.6. The van der Waals surface area contributed by atoms with Gasteiger partial charge in [0.1, 0.15) is 10.3 Å². The fourth-order valence-corrected chi connectivity index (χ4v) is 3.97. The number of carbonyl (C=O) groups is 2. The van der Waals surface area contributed by atoms with E-state index in [1.807, 2.05) is 58.0 Å². The van der Waals surface area contributed by atoms with E-state index in [1.54, 1.807) is 4.90 Å². The standard InChI is InChI=1S/C19H27NO4S/c1-5-23-16(21)19(25-15-9-7-6-8-10-15)11-13-20(14-12-19)17(22)24-18(2,3)4/h6-10H,5,11-14H2,1-4H3. The highest BCUT2D eigenvalue weighted by Crippen LogP contribution is 2.42. The van der Waals surface area contributed by atoms with Crippen LogP contribution in [0.3, 0.4) is 0 Å². The number of benzene rings is 1. The fraction of sp³-hybridized carbons (Fsp3) is 0.579. The van der Waals surface area contributed by atoms with Gasteiger partial charge in [-0.2, -0.15) is 0 Å². The van der Waals surface area contributed by atoms with Crippen molar-refractivity contribution in [2.24, 2.45) is 0 Å². The van der Waals surface area contributed by atoms with Crippen molar-refractivity contribution in [3.8, 4) is 0 Å². The van der Waals surface area contributed by atoms with E-state index in [0.29, 0.717) is 32.5 Å². The molecule has 1 heterocycles. The van der Waals surface area contributed by atoms with Gasteiger partial charge in [-0.15, -0.1) is 11.8 Å². The zero-order valence-electron chi connectivity index (χ0n) is 15.4. The van der Waals surface area contributed by atoms with Crippen LogP contribution in [0.25, 0.3) is 0 Å². The maximum absolute atomic E-state index is 12.7. The lowest BCUT2D eigenvalue weighted by Gasteiger charge is -2.39. The lowest BCUT2D eigenvalue weighted by Crippen LogP contribution is -2.50. The number of piperidine rings is 1. The Labute approximate surface area is 154 Å². The molecule has 2 rings (SSSR count). The number of nitrogens with zero attached hydrogens (tertiary/aromatic N) is 1. The molecular formula is C19H27NO4S. The summed E-state index contributed by atoms with van der Waals surface area (Å²) in [7, 11) is 0. The Hall–Kier alpha value is -1.69. The van der Waals surface area contributed by atoms with Gasteiger partial charge in [0, 0.05) is 18.0 Å². The summed E-state index contributed by atoms with van der Waals surface area (Å²) in [6, 6.07) is 9.85. The minimum Gasteiger partial charge on any atom is -0.465 e. The van der Waals surface area contributed by atoms with Crippen molar-refractivity contribution in [3.63, 3.8) is 0 Å². The molecule has 138 valence electrons. The first-order valence-electron chi connectivity index (χ1n) is 8.65. The molecule has 1 aromatic carbocycles. The van der Waals surface area contributed by atoms with Crippen LogP contribution in [0.15, 0.2) is 35.2 Å². The van der Waals surface area contributed by atoms with Gasteiger partial charge >= 0.3 is 12.1 Å². The van der Waals surface area contributed by atoms with Gasteiger partial charge in [0.25, 0.3) is 0 Å². The van der Waals surface area contributed by atoms with Gasteiger partial charge in [0.15, 0.2) is 0 Å². The van der Waals surface area contributed by atoms with Crippen LogP contribution < -0.4 is 0 Å². The molecule has 5 nitrogen and oxygen atoms in total. The molecule has 1 aromatic rings. The zero-order valence-corrected chi connectivity index (χ0v) is 16.2. The van der Waals surface area contributed by atoms with Crippen molar-refractivity contribution >= 4 is 23.8 Å². The van der Waals surface area contributed by atoms with Crippen molar-refractivity contribution in [1.82, 2.24) is 4.90 Å². The highest BCUT2D eigenvalue weighted by atomic mass is 32.2. The Morgan fingerprint density at radius 1 is 1.16 bits per heavy atom. The quantitative estimate of drug-likeness (QED) is 0.752. The monoisotopic (exact) mass is 365 g/mol. The summed E-state index contributed by atoms with van der Waals surface area (Å²) in [6.45, 7) is 8.68. The molecule has 0 radical (unpaired) electrons. The van der Waals surface area contributed by atoms with Gasteiger partial charge in [-0.3, -0.25) is 4.79 Å². The molecule has 1 saturated heterocycles. The molecule has 1 aliphatic heterocycles. The molecule has 1 fully saturated rings. The Kier molecular flexibility index (Phi) is 6.38. The number of carbonyl (C=O) groups excluding carboxylic acids is 2. The number of thioether (sulfide) groups is 1. The van der Waals surface area contributed by atoms with E-state index in [2.05, 4.69) is 0 Å². The van der Waals surface area contributed by atoms with Crippen molar-refractivity contribution in [3.05, 3.63) is 30.3 Å². The van der Waals surface area contributed by atoms with Crippen LogP contribution in [0.5, 0.6) is 0 Å². The van der Waals surface area contributed by atoms with Crippen molar-refractivity contribution < 1.29 is 19.1 Å². The van der Waals surface area contributed by atoms with Crippen LogP contribution in [-0.2, 0) is 14.3 Å². The second-order valence-corrected chi connectivity index (χ2v) is 8.55. The predicted molar refractivity (Wildman–Crippen MR) is 98.7 cm³/mol. The minimum atomic E-state index is -0.657. The van der Waals surface area contributed by atoms with Crippen molar-refractivity contribution in [2.75, 3.05) is 19.7 Å². The topological polar surface area (TPSA) is 55.8 Å². The second kappa shape index (κ2) is 8.13.